The first-order valence-electron chi connectivity index (χ1n) is 5.33. The zero-order chi connectivity index (χ0) is 11.5. The van der Waals surface area contributed by atoms with Crippen LogP contribution < -0.4 is 11.1 Å². The smallest absolute Gasteiger partial charge is 0.228 e. The van der Waals surface area contributed by atoms with Crippen LogP contribution in [-0.4, -0.2) is 16.9 Å². The Hall–Kier alpha value is -0.910. The number of halogens is 3. The van der Waals surface area contributed by atoms with E-state index < -0.39 is 5.82 Å². The van der Waals surface area contributed by atoms with Crippen molar-refractivity contribution in [2.45, 2.75) is 25.3 Å². The highest BCUT2D eigenvalue weighted by Crippen LogP contribution is 2.25. The third-order valence-electron chi connectivity index (χ3n) is 2.82. The number of nitrogens with zero attached hydrogens (tertiary/aromatic N) is 1. The Balaban J connectivity index is 0.00000144. The molecule has 7 heteroatoms. The van der Waals surface area contributed by atoms with Crippen LogP contribution in [0.25, 0.3) is 0 Å². The molecule has 1 saturated carbocycles. The normalized spacial score (nSPS) is 21.7. The van der Waals surface area contributed by atoms with Crippen molar-refractivity contribution in [2.24, 2.45) is 11.7 Å². The average Bonchev–Trinajstić information content (AvgIpc) is 2.68. The van der Waals surface area contributed by atoms with Gasteiger partial charge in [0.1, 0.15) is 11.6 Å². The maximum Gasteiger partial charge on any atom is 0.228 e. The number of nitrogens with one attached hydrogen (secondary N) is 1. The van der Waals surface area contributed by atoms with Crippen molar-refractivity contribution < 1.29 is 9.18 Å². The first kappa shape index (κ1) is 17.1. The van der Waals surface area contributed by atoms with Crippen LogP contribution in [0, 0.1) is 11.7 Å². The van der Waals surface area contributed by atoms with Gasteiger partial charge in [-0.2, -0.15) is 0 Å². The van der Waals surface area contributed by atoms with Crippen LogP contribution in [0.4, 0.5) is 10.2 Å². The minimum Gasteiger partial charge on any atom is -0.328 e. The van der Waals surface area contributed by atoms with Gasteiger partial charge in [-0.05, 0) is 31.4 Å². The molecule has 102 valence electrons. The number of aromatic nitrogens is 1. The fourth-order valence-corrected chi connectivity index (χ4v) is 1.93. The number of anilines is 1. The zero-order valence-electron chi connectivity index (χ0n) is 9.64. The van der Waals surface area contributed by atoms with Crippen LogP contribution in [0.5, 0.6) is 0 Å². The Morgan fingerprint density at radius 1 is 1.39 bits per heavy atom. The van der Waals surface area contributed by atoms with Crippen molar-refractivity contribution in [2.75, 3.05) is 5.32 Å². The number of carbonyl (C=O) groups excluding carboxylic acids is 1. The summed E-state index contributed by atoms with van der Waals surface area (Å²) in [6.45, 7) is 0. The standard InChI is InChI=1S/C11H14FN3O.2ClH/c12-8-2-4-10(14-6-8)15-11(16)7-1-3-9(13)5-7;;/h2,4,6-7,9H,1,3,5,13H2,(H,14,15,16);2*1H. The molecule has 0 aromatic carbocycles. The largest absolute Gasteiger partial charge is 0.328 e. The van der Waals surface area contributed by atoms with E-state index in [0.29, 0.717) is 12.2 Å². The van der Waals surface area contributed by atoms with Gasteiger partial charge in [-0.25, -0.2) is 9.37 Å². The molecule has 1 aromatic heterocycles. The van der Waals surface area contributed by atoms with E-state index >= 15 is 0 Å². The fourth-order valence-electron chi connectivity index (χ4n) is 1.93. The van der Waals surface area contributed by atoms with Gasteiger partial charge >= 0.3 is 0 Å². The van der Waals surface area contributed by atoms with Crippen LogP contribution in [0.3, 0.4) is 0 Å². The molecular weight excluding hydrogens is 280 g/mol. The molecule has 18 heavy (non-hydrogen) atoms. The van der Waals surface area contributed by atoms with Crippen molar-refractivity contribution in [3.8, 4) is 0 Å². The van der Waals surface area contributed by atoms with E-state index in [-0.39, 0.29) is 42.7 Å². The van der Waals surface area contributed by atoms with E-state index in [2.05, 4.69) is 10.3 Å². The lowest BCUT2D eigenvalue weighted by molar-refractivity contribution is -0.119. The number of hydrogen-bond donors (Lipinski definition) is 2. The van der Waals surface area contributed by atoms with E-state index in [0.717, 1.165) is 19.0 Å². The molecule has 0 aliphatic heterocycles. The van der Waals surface area contributed by atoms with Crippen molar-refractivity contribution in [3.63, 3.8) is 0 Å². The summed E-state index contributed by atoms with van der Waals surface area (Å²) in [7, 11) is 0. The van der Waals surface area contributed by atoms with E-state index in [1.54, 1.807) is 0 Å². The molecule has 1 fully saturated rings. The Morgan fingerprint density at radius 2 is 2.11 bits per heavy atom. The lowest BCUT2D eigenvalue weighted by atomic mass is 10.1. The minimum atomic E-state index is -0.416. The molecule has 1 aliphatic rings. The van der Waals surface area contributed by atoms with Gasteiger partial charge in [0.05, 0.1) is 6.20 Å². The number of nitrogens with two attached hydrogens (primary N) is 1. The summed E-state index contributed by atoms with van der Waals surface area (Å²) in [5.41, 5.74) is 5.73. The van der Waals surface area contributed by atoms with Crippen molar-refractivity contribution in [1.29, 1.82) is 0 Å². The summed E-state index contributed by atoms with van der Waals surface area (Å²) in [6.07, 6.45) is 3.49. The highest BCUT2D eigenvalue weighted by Gasteiger charge is 2.27. The second-order valence-electron chi connectivity index (χ2n) is 4.12. The first-order chi connectivity index (χ1) is 7.65. The van der Waals surface area contributed by atoms with E-state index in [4.69, 9.17) is 5.73 Å². The number of rotatable bonds is 2. The van der Waals surface area contributed by atoms with Gasteiger partial charge in [0.25, 0.3) is 0 Å². The van der Waals surface area contributed by atoms with E-state index in [1.165, 1.54) is 12.1 Å². The number of hydrogen-bond acceptors (Lipinski definition) is 3. The van der Waals surface area contributed by atoms with Gasteiger partial charge in [-0.1, -0.05) is 0 Å². The van der Waals surface area contributed by atoms with Gasteiger partial charge in [-0.3, -0.25) is 4.79 Å². The maximum atomic E-state index is 12.6. The molecule has 0 radical (unpaired) electrons. The van der Waals surface area contributed by atoms with Gasteiger partial charge in [0, 0.05) is 12.0 Å². The molecule has 1 amide bonds. The molecule has 1 aliphatic carbocycles. The first-order valence-corrected chi connectivity index (χ1v) is 5.33. The van der Waals surface area contributed by atoms with Gasteiger partial charge in [0.15, 0.2) is 0 Å². The average molecular weight is 296 g/mol. The maximum absolute atomic E-state index is 12.6. The van der Waals surface area contributed by atoms with Crippen LogP contribution >= 0.6 is 24.8 Å². The Bertz CT molecular complexity index is 388. The number of pyridine rings is 1. The molecule has 3 N–H and O–H groups in total. The molecule has 4 nitrogen and oxygen atoms in total. The monoisotopic (exact) mass is 295 g/mol. The predicted molar refractivity (Wildman–Crippen MR) is 72.6 cm³/mol. The van der Waals surface area contributed by atoms with Crippen LogP contribution in [0.15, 0.2) is 18.3 Å². The molecule has 0 saturated heterocycles. The second-order valence-corrected chi connectivity index (χ2v) is 4.12. The lowest BCUT2D eigenvalue weighted by Crippen LogP contribution is -2.23. The third kappa shape index (κ3) is 4.40. The third-order valence-corrected chi connectivity index (χ3v) is 2.82. The Morgan fingerprint density at radius 3 is 2.61 bits per heavy atom. The van der Waals surface area contributed by atoms with E-state index in [1.807, 2.05) is 0 Å². The van der Waals surface area contributed by atoms with Crippen molar-refractivity contribution in [3.05, 3.63) is 24.1 Å². The second kappa shape index (κ2) is 7.51. The summed E-state index contributed by atoms with van der Waals surface area (Å²) in [5.74, 6) is -0.151. The van der Waals surface area contributed by atoms with Gasteiger partial charge in [0.2, 0.25) is 5.91 Å². The molecule has 0 spiro atoms. The molecule has 2 rings (SSSR count). The number of amides is 1. The quantitative estimate of drug-likeness (QED) is 0.878. The molecule has 1 heterocycles. The number of carbonyl (C=O) groups is 1. The van der Waals surface area contributed by atoms with Crippen molar-refractivity contribution in [1.82, 2.24) is 4.98 Å². The molecule has 2 unspecified atom stereocenters. The lowest BCUT2D eigenvalue weighted by Gasteiger charge is -2.09. The molecule has 1 aromatic rings. The predicted octanol–water partition coefficient (Wildman–Crippen LogP) is 2.13. The minimum absolute atomic E-state index is 0. The van der Waals surface area contributed by atoms with Crippen LogP contribution in [-0.2, 0) is 4.79 Å². The zero-order valence-corrected chi connectivity index (χ0v) is 11.3. The van der Waals surface area contributed by atoms with Gasteiger partial charge < -0.3 is 11.1 Å². The topological polar surface area (TPSA) is 68.0 Å². The molecule has 0 bridgehead atoms. The SMILES string of the molecule is Cl.Cl.NC1CCC(C(=O)Nc2ccc(F)cn2)C1. The highest BCUT2D eigenvalue weighted by atomic mass is 35.5. The fraction of sp³-hybridized carbons (Fsp3) is 0.455. The summed E-state index contributed by atoms with van der Waals surface area (Å²) in [5, 5.41) is 2.66. The van der Waals surface area contributed by atoms with Crippen molar-refractivity contribution >= 4 is 36.5 Å². The molecular formula is C11H16Cl2FN3O. The highest BCUT2D eigenvalue weighted by molar-refractivity contribution is 5.91. The Kier molecular flexibility index (Phi) is 7.13. The van der Waals surface area contributed by atoms with Crippen LogP contribution in [0.1, 0.15) is 19.3 Å². The summed E-state index contributed by atoms with van der Waals surface area (Å²) in [4.78, 5) is 15.5. The summed E-state index contributed by atoms with van der Waals surface area (Å²) >= 11 is 0. The Labute approximate surface area is 117 Å². The van der Waals surface area contributed by atoms with Crippen LogP contribution in [0.2, 0.25) is 0 Å². The molecule has 2 atom stereocenters. The summed E-state index contributed by atoms with van der Waals surface area (Å²) < 4.78 is 12.6. The van der Waals surface area contributed by atoms with Gasteiger partial charge in [-0.15, -0.1) is 24.8 Å². The summed E-state index contributed by atoms with van der Waals surface area (Å²) in [6, 6.07) is 2.84. The van der Waals surface area contributed by atoms with E-state index in [9.17, 15) is 9.18 Å².